The van der Waals surface area contributed by atoms with Crippen LogP contribution in [0.2, 0.25) is 0 Å². The molecule has 0 saturated carbocycles. The number of rotatable bonds is 4. The molecular weight excluding hydrogens is 290 g/mol. The Bertz CT molecular complexity index is 609. The quantitative estimate of drug-likeness (QED) is 0.876. The molecule has 0 radical (unpaired) electrons. The molecule has 1 aromatic heterocycles. The Morgan fingerprint density at radius 2 is 2.00 bits per heavy atom. The molecular formula is C14H25N3O3S. The molecule has 2 unspecified atom stereocenters. The monoisotopic (exact) mass is 315 g/mol. The van der Waals surface area contributed by atoms with Crippen molar-refractivity contribution in [3.05, 3.63) is 17.0 Å². The molecule has 1 N–H and O–H groups in total. The maximum atomic E-state index is 11.9. The third-order valence-electron chi connectivity index (χ3n) is 4.69. The lowest BCUT2D eigenvalue weighted by Gasteiger charge is -2.37. The molecule has 1 aromatic rings. The van der Waals surface area contributed by atoms with Crippen LogP contribution in [0.3, 0.4) is 0 Å². The topological polar surface area (TPSA) is 75.4 Å². The van der Waals surface area contributed by atoms with Gasteiger partial charge in [0.15, 0.2) is 9.84 Å². The van der Waals surface area contributed by atoms with Gasteiger partial charge in [-0.25, -0.2) is 8.42 Å². The summed E-state index contributed by atoms with van der Waals surface area (Å²) in [6.45, 7) is 9.57. The van der Waals surface area contributed by atoms with Crippen LogP contribution in [-0.2, 0) is 22.9 Å². The highest BCUT2D eigenvalue weighted by molar-refractivity contribution is 7.92. The van der Waals surface area contributed by atoms with Crippen molar-refractivity contribution in [1.29, 1.82) is 0 Å². The molecule has 6 nitrogen and oxygen atoms in total. The van der Waals surface area contributed by atoms with Gasteiger partial charge in [0.05, 0.1) is 29.8 Å². The Labute approximate surface area is 126 Å². The molecule has 21 heavy (non-hydrogen) atoms. The fraction of sp³-hybridized carbons (Fsp3) is 0.786. The fourth-order valence-electron chi connectivity index (χ4n) is 2.93. The maximum Gasteiger partial charge on any atom is 0.155 e. The molecule has 7 heteroatoms. The number of hydrogen-bond donors (Lipinski definition) is 1. The van der Waals surface area contributed by atoms with E-state index in [1.54, 1.807) is 6.92 Å². The summed E-state index contributed by atoms with van der Waals surface area (Å²) in [6.07, 6.45) is 0. The average Bonchev–Trinajstić information content (AvgIpc) is 2.67. The van der Waals surface area contributed by atoms with E-state index in [1.807, 2.05) is 25.5 Å². The largest absolute Gasteiger partial charge is 0.394 e. The second kappa shape index (κ2) is 6.06. The lowest BCUT2D eigenvalue weighted by molar-refractivity contribution is 0.196. The van der Waals surface area contributed by atoms with Crippen LogP contribution in [0.25, 0.3) is 0 Å². The van der Waals surface area contributed by atoms with Crippen LogP contribution >= 0.6 is 0 Å². The third-order valence-corrected chi connectivity index (χ3v) is 6.97. The number of hydrogen-bond acceptors (Lipinski definition) is 5. The molecule has 1 aliphatic heterocycles. The second-order valence-electron chi connectivity index (χ2n) is 5.88. The number of aryl methyl sites for hydroxylation is 1. The van der Waals surface area contributed by atoms with Gasteiger partial charge in [-0.05, 0) is 27.7 Å². The first kappa shape index (κ1) is 16.5. The van der Waals surface area contributed by atoms with Crippen LogP contribution in [-0.4, -0.2) is 58.4 Å². The molecule has 1 saturated heterocycles. The SMILES string of the molecule is Cc1nn(CCO)c(C)c1CN1CCS(=O)(=O)C(C)C1C. The summed E-state index contributed by atoms with van der Waals surface area (Å²) < 4.78 is 25.7. The minimum absolute atomic E-state index is 0.00346. The van der Waals surface area contributed by atoms with Gasteiger partial charge in [-0.15, -0.1) is 0 Å². The van der Waals surface area contributed by atoms with Crippen molar-refractivity contribution < 1.29 is 13.5 Å². The molecule has 0 amide bonds. The van der Waals surface area contributed by atoms with Crippen LogP contribution in [0.4, 0.5) is 0 Å². The Kier molecular flexibility index (Phi) is 4.75. The summed E-state index contributed by atoms with van der Waals surface area (Å²) in [6, 6.07) is 0.00346. The van der Waals surface area contributed by atoms with Crippen LogP contribution in [0.5, 0.6) is 0 Å². The molecule has 1 fully saturated rings. The van der Waals surface area contributed by atoms with E-state index in [2.05, 4.69) is 10.00 Å². The third kappa shape index (κ3) is 3.14. The van der Waals surface area contributed by atoms with Crippen LogP contribution in [0.15, 0.2) is 0 Å². The Morgan fingerprint density at radius 1 is 1.33 bits per heavy atom. The standard InChI is InChI=1S/C14H25N3O3S/c1-10-14(12(3)17(15-10)5-7-18)9-16-6-8-21(19,20)13(4)11(16)2/h11,13,18H,5-9H2,1-4H3. The van der Waals surface area contributed by atoms with Gasteiger partial charge in [-0.2, -0.15) is 5.10 Å². The molecule has 0 aliphatic carbocycles. The molecule has 2 atom stereocenters. The maximum absolute atomic E-state index is 11.9. The zero-order valence-corrected chi connectivity index (χ0v) is 14.0. The van der Waals surface area contributed by atoms with Crippen LogP contribution in [0, 0.1) is 13.8 Å². The second-order valence-corrected chi connectivity index (χ2v) is 8.36. The van der Waals surface area contributed by atoms with Gasteiger partial charge in [-0.1, -0.05) is 0 Å². The highest BCUT2D eigenvalue weighted by Crippen LogP contribution is 2.23. The van der Waals surface area contributed by atoms with Crippen LogP contribution < -0.4 is 0 Å². The minimum atomic E-state index is -2.96. The van der Waals surface area contributed by atoms with E-state index in [0.717, 1.165) is 17.0 Å². The van der Waals surface area contributed by atoms with E-state index in [0.29, 0.717) is 19.6 Å². The molecule has 0 spiro atoms. The lowest BCUT2D eigenvalue weighted by Crippen LogP contribution is -2.51. The highest BCUT2D eigenvalue weighted by atomic mass is 32.2. The van der Waals surface area contributed by atoms with Crippen molar-refractivity contribution >= 4 is 9.84 Å². The van der Waals surface area contributed by atoms with Crippen molar-refractivity contribution in [1.82, 2.24) is 14.7 Å². The minimum Gasteiger partial charge on any atom is -0.394 e. The van der Waals surface area contributed by atoms with E-state index in [-0.39, 0.29) is 23.7 Å². The van der Waals surface area contributed by atoms with Gasteiger partial charge in [0.25, 0.3) is 0 Å². The Hall–Kier alpha value is -0.920. The Morgan fingerprint density at radius 3 is 2.62 bits per heavy atom. The molecule has 2 heterocycles. The van der Waals surface area contributed by atoms with Gasteiger partial charge < -0.3 is 5.11 Å². The van der Waals surface area contributed by atoms with Gasteiger partial charge in [0, 0.05) is 30.4 Å². The van der Waals surface area contributed by atoms with Crippen LogP contribution in [0.1, 0.15) is 30.8 Å². The molecule has 0 aromatic carbocycles. The van der Waals surface area contributed by atoms with Crippen molar-refractivity contribution in [2.45, 2.75) is 52.1 Å². The first-order valence-corrected chi connectivity index (χ1v) is 9.09. The number of aliphatic hydroxyl groups is 1. The Balaban J connectivity index is 2.19. The molecule has 0 bridgehead atoms. The number of sulfone groups is 1. The number of aliphatic hydroxyl groups excluding tert-OH is 1. The van der Waals surface area contributed by atoms with E-state index < -0.39 is 9.84 Å². The van der Waals surface area contributed by atoms with Crippen molar-refractivity contribution in [3.63, 3.8) is 0 Å². The lowest BCUT2D eigenvalue weighted by atomic mass is 10.1. The summed E-state index contributed by atoms with van der Waals surface area (Å²) in [5.74, 6) is 0.224. The van der Waals surface area contributed by atoms with E-state index in [9.17, 15) is 8.42 Å². The predicted octanol–water partition coefficient (Wildman–Crippen LogP) is 0.500. The smallest absolute Gasteiger partial charge is 0.155 e. The summed E-state index contributed by atoms with van der Waals surface area (Å²) in [5, 5.41) is 13.2. The summed E-state index contributed by atoms with van der Waals surface area (Å²) in [7, 11) is -2.96. The van der Waals surface area contributed by atoms with Crippen molar-refractivity contribution in [3.8, 4) is 0 Å². The van der Waals surface area contributed by atoms with Gasteiger partial charge >= 0.3 is 0 Å². The van der Waals surface area contributed by atoms with Crippen molar-refractivity contribution in [2.24, 2.45) is 0 Å². The van der Waals surface area contributed by atoms with E-state index >= 15 is 0 Å². The zero-order valence-electron chi connectivity index (χ0n) is 13.2. The number of aromatic nitrogens is 2. The number of nitrogens with zero attached hydrogens (tertiary/aromatic N) is 3. The van der Waals surface area contributed by atoms with E-state index in [4.69, 9.17) is 5.11 Å². The van der Waals surface area contributed by atoms with E-state index in [1.165, 1.54) is 0 Å². The fourth-order valence-corrected chi connectivity index (χ4v) is 4.57. The average molecular weight is 315 g/mol. The zero-order chi connectivity index (χ0) is 15.8. The highest BCUT2D eigenvalue weighted by Gasteiger charge is 2.36. The van der Waals surface area contributed by atoms with Gasteiger partial charge in [0.1, 0.15) is 0 Å². The predicted molar refractivity (Wildman–Crippen MR) is 81.9 cm³/mol. The molecule has 2 rings (SSSR count). The summed E-state index contributed by atoms with van der Waals surface area (Å²) in [4.78, 5) is 2.21. The van der Waals surface area contributed by atoms with Gasteiger partial charge in [0.2, 0.25) is 0 Å². The molecule has 1 aliphatic rings. The van der Waals surface area contributed by atoms with Crippen molar-refractivity contribution in [2.75, 3.05) is 18.9 Å². The normalized spacial score (nSPS) is 26.1. The molecule has 120 valence electrons. The first-order chi connectivity index (χ1) is 9.77. The summed E-state index contributed by atoms with van der Waals surface area (Å²) in [5.41, 5.74) is 3.14. The summed E-state index contributed by atoms with van der Waals surface area (Å²) >= 11 is 0. The first-order valence-electron chi connectivity index (χ1n) is 7.37. The van der Waals surface area contributed by atoms with Gasteiger partial charge in [-0.3, -0.25) is 9.58 Å².